The normalized spacial score (nSPS) is 11.5. The van der Waals surface area contributed by atoms with Gasteiger partial charge in [0.15, 0.2) is 0 Å². The summed E-state index contributed by atoms with van der Waals surface area (Å²) in [5, 5.41) is 0. The van der Waals surface area contributed by atoms with E-state index in [0.717, 1.165) is 17.4 Å². The molecule has 0 aromatic heterocycles. The first-order valence-corrected chi connectivity index (χ1v) is 5.69. The fourth-order valence-corrected chi connectivity index (χ4v) is 1.28. The number of hydrogen-bond acceptors (Lipinski definition) is 3. The van der Waals surface area contributed by atoms with Crippen LogP contribution >= 0.6 is 0 Å². The fraction of sp³-hybridized carbons (Fsp3) is 0.333. The van der Waals surface area contributed by atoms with Crippen LogP contribution in [0.5, 0.6) is 0 Å². The highest BCUT2D eigenvalue weighted by Crippen LogP contribution is 2.09. The molecule has 0 aliphatic carbocycles. The van der Waals surface area contributed by atoms with E-state index in [4.69, 9.17) is 0 Å². The maximum atomic E-state index is 10.7. The molecule has 0 radical (unpaired) electrons. The second-order valence-electron chi connectivity index (χ2n) is 2.89. The third-order valence-corrected chi connectivity index (χ3v) is 2.24. The second kappa shape index (κ2) is 3.89. The molecule has 13 heavy (non-hydrogen) atoms. The number of rotatable bonds is 3. The zero-order valence-electron chi connectivity index (χ0n) is 7.65. The molecule has 0 bridgehead atoms. The Morgan fingerprint density at radius 3 is 2.46 bits per heavy atom. The van der Waals surface area contributed by atoms with Crippen molar-refractivity contribution in [3.63, 3.8) is 0 Å². The van der Waals surface area contributed by atoms with E-state index >= 15 is 0 Å². The van der Waals surface area contributed by atoms with E-state index in [2.05, 4.69) is 4.18 Å². The van der Waals surface area contributed by atoms with Gasteiger partial charge in [-0.1, -0.05) is 24.3 Å². The Hall–Kier alpha value is -0.870. The molecule has 0 heterocycles. The third kappa shape index (κ3) is 3.57. The van der Waals surface area contributed by atoms with Crippen LogP contribution in [-0.2, 0) is 20.9 Å². The van der Waals surface area contributed by atoms with Crippen molar-refractivity contribution in [1.29, 1.82) is 0 Å². The van der Waals surface area contributed by atoms with Gasteiger partial charge in [0.1, 0.15) is 0 Å². The summed E-state index contributed by atoms with van der Waals surface area (Å²) in [6.45, 7) is 2.03. The van der Waals surface area contributed by atoms with Crippen LogP contribution in [0.3, 0.4) is 0 Å². The SMILES string of the molecule is Cc1ccccc1COS(C)(=O)=O. The van der Waals surface area contributed by atoms with Gasteiger partial charge in [0.25, 0.3) is 10.1 Å². The second-order valence-corrected chi connectivity index (χ2v) is 4.54. The van der Waals surface area contributed by atoms with Crippen LogP contribution < -0.4 is 0 Å². The molecule has 0 saturated carbocycles. The van der Waals surface area contributed by atoms with E-state index in [0.29, 0.717) is 0 Å². The lowest BCUT2D eigenvalue weighted by Gasteiger charge is -2.04. The summed E-state index contributed by atoms with van der Waals surface area (Å²) in [4.78, 5) is 0. The highest BCUT2D eigenvalue weighted by molar-refractivity contribution is 7.85. The smallest absolute Gasteiger partial charge is 0.264 e. The van der Waals surface area contributed by atoms with Crippen LogP contribution in [-0.4, -0.2) is 14.7 Å². The molecule has 0 aliphatic heterocycles. The topological polar surface area (TPSA) is 43.4 Å². The lowest BCUT2D eigenvalue weighted by Crippen LogP contribution is -2.03. The van der Waals surface area contributed by atoms with E-state index in [1.165, 1.54) is 0 Å². The quantitative estimate of drug-likeness (QED) is 0.694. The molecular formula is C9H12O3S. The van der Waals surface area contributed by atoms with E-state index in [1.54, 1.807) is 0 Å². The average molecular weight is 200 g/mol. The van der Waals surface area contributed by atoms with Crippen molar-refractivity contribution in [2.45, 2.75) is 13.5 Å². The van der Waals surface area contributed by atoms with Crippen molar-refractivity contribution in [2.24, 2.45) is 0 Å². The number of hydrogen-bond donors (Lipinski definition) is 0. The van der Waals surface area contributed by atoms with Crippen LogP contribution in [0.25, 0.3) is 0 Å². The van der Waals surface area contributed by atoms with E-state index in [9.17, 15) is 8.42 Å². The van der Waals surface area contributed by atoms with Crippen LogP contribution in [0.1, 0.15) is 11.1 Å². The molecule has 0 fully saturated rings. The van der Waals surface area contributed by atoms with E-state index < -0.39 is 10.1 Å². The molecular weight excluding hydrogens is 188 g/mol. The van der Waals surface area contributed by atoms with Gasteiger partial charge < -0.3 is 0 Å². The first kappa shape index (κ1) is 10.2. The standard InChI is InChI=1S/C9H12O3S/c1-8-5-3-4-6-9(8)7-12-13(2,10)11/h3-6H,7H2,1-2H3. The summed E-state index contributed by atoms with van der Waals surface area (Å²) < 4.78 is 26.1. The van der Waals surface area contributed by atoms with Crippen molar-refractivity contribution >= 4 is 10.1 Å². The highest BCUT2D eigenvalue weighted by Gasteiger charge is 2.03. The van der Waals surface area contributed by atoms with Gasteiger partial charge in [-0.15, -0.1) is 0 Å². The number of benzene rings is 1. The summed E-state index contributed by atoms with van der Waals surface area (Å²) in [6, 6.07) is 7.52. The van der Waals surface area contributed by atoms with Crippen LogP contribution in [0.2, 0.25) is 0 Å². The first-order chi connectivity index (χ1) is 5.99. The van der Waals surface area contributed by atoms with Crippen molar-refractivity contribution in [2.75, 3.05) is 6.26 Å². The Kier molecular flexibility index (Phi) is 3.06. The van der Waals surface area contributed by atoms with Gasteiger partial charge >= 0.3 is 0 Å². The predicted octanol–water partition coefficient (Wildman–Crippen LogP) is 1.47. The molecule has 0 N–H and O–H groups in total. The van der Waals surface area contributed by atoms with E-state index in [1.807, 2.05) is 31.2 Å². The molecule has 1 aromatic rings. The van der Waals surface area contributed by atoms with Gasteiger partial charge in [0.2, 0.25) is 0 Å². The minimum absolute atomic E-state index is 0.117. The molecule has 0 atom stereocenters. The maximum absolute atomic E-state index is 10.7. The van der Waals surface area contributed by atoms with E-state index in [-0.39, 0.29) is 6.61 Å². The van der Waals surface area contributed by atoms with Gasteiger partial charge in [-0.05, 0) is 18.1 Å². The predicted molar refractivity (Wildman–Crippen MR) is 50.8 cm³/mol. The average Bonchev–Trinajstić information content (AvgIpc) is 2.01. The van der Waals surface area contributed by atoms with Gasteiger partial charge in [-0.3, -0.25) is 4.18 Å². The molecule has 0 saturated heterocycles. The summed E-state index contributed by atoms with van der Waals surface area (Å²) in [5.41, 5.74) is 1.93. The summed E-state index contributed by atoms with van der Waals surface area (Å²) in [5.74, 6) is 0. The Labute approximate surface area is 78.5 Å². The third-order valence-electron chi connectivity index (χ3n) is 1.69. The molecule has 0 amide bonds. The van der Waals surface area contributed by atoms with Gasteiger partial charge in [0.05, 0.1) is 12.9 Å². The van der Waals surface area contributed by atoms with Crippen molar-refractivity contribution < 1.29 is 12.6 Å². The Bertz CT molecular complexity index is 382. The van der Waals surface area contributed by atoms with Gasteiger partial charge in [-0.2, -0.15) is 8.42 Å². The molecule has 72 valence electrons. The summed E-state index contributed by atoms with van der Waals surface area (Å²) >= 11 is 0. The monoisotopic (exact) mass is 200 g/mol. The molecule has 3 nitrogen and oxygen atoms in total. The fourth-order valence-electron chi connectivity index (χ4n) is 0.943. The summed E-state index contributed by atoms with van der Waals surface area (Å²) in [7, 11) is -3.34. The Balaban J connectivity index is 2.71. The zero-order valence-corrected chi connectivity index (χ0v) is 8.47. The highest BCUT2D eigenvalue weighted by atomic mass is 32.2. The van der Waals surface area contributed by atoms with Crippen molar-refractivity contribution in [3.05, 3.63) is 35.4 Å². The van der Waals surface area contributed by atoms with Crippen molar-refractivity contribution in [3.8, 4) is 0 Å². The zero-order chi connectivity index (χ0) is 9.90. The Morgan fingerprint density at radius 1 is 1.31 bits per heavy atom. The lowest BCUT2D eigenvalue weighted by atomic mass is 10.1. The molecule has 1 rings (SSSR count). The lowest BCUT2D eigenvalue weighted by molar-refractivity contribution is 0.311. The van der Waals surface area contributed by atoms with Gasteiger partial charge in [-0.25, -0.2) is 0 Å². The van der Waals surface area contributed by atoms with Crippen LogP contribution in [0.4, 0.5) is 0 Å². The largest absolute Gasteiger partial charge is 0.265 e. The summed E-state index contributed by atoms with van der Waals surface area (Å²) in [6.07, 6.45) is 1.05. The van der Waals surface area contributed by atoms with Crippen molar-refractivity contribution in [1.82, 2.24) is 0 Å². The van der Waals surface area contributed by atoms with Gasteiger partial charge in [0, 0.05) is 0 Å². The first-order valence-electron chi connectivity index (χ1n) is 3.88. The van der Waals surface area contributed by atoms with Crippen LogP contribution in [0.15, 0.2) is 24.3 Å². The van der Waals surface area contributed by atoms with Crippen LogP contribution in [0, 0.1) is 6.92 Å². The maximum Gasteiger partial charge on any atom is 0.264 e. The number of aryl methyl sites for hydroxylation is 1. The molecule has 0 unspecified atom stereocenters. The molecule has 1 aromatic carbocycles. The minimum atomic E-state index is -3.34. The minimum Gasteiger partial charge on any atom is -0.265 e. The molecule has 4 heteroatoms. The molecule has 0 spiro atoms. The molecule has 0 aliphatic rings. The Morgan fingerprint density at radius 2 is 1.92 bits per heavy atom.